The van der Waals surface area contributed by atoms with Gasteiger partial charge in [-0.25, -0.2) is 0 Å². The molecule has 0 bridgehead atoms. The minimum absolute atomic E-state index is 0.0358. The summed E-state index contributed by atoms with van der Waals surface area (Å²) in [7, 11) is 0. The maximum absolute atomic E-state index is 12.9. The maximum atomic E-state index is 12.9. The summed E-state index contributed by atoms with van der Waals surface area (Å²) in [5.74, 6) is 0.603. The molecule has 1 saturated heterocycles. The first-order valence-electron chi connectivity index (χ1n) is 7.58. The van der Waals surface area contributed by atoms with Crippen LogP contribution in [0.15, 0.2) is 0 Å². The van der Waals surface area contributed by atoms with E-state index in [2.05, 4.69) is 26.1 Å². The molecule has 4 nitrogen and oxygen atoms in total. The van der Waals surface area contributed by atoms with Crippen molar-refractivity contribution in [3.8, 4) is 0 Å². The van der Waals surface area contributed by atoms with Crippen LogP contribution in [0.5, 0.6) is 0 Å². The number of nitrogens with zero attached hydrogens (tertiary/aromatic N) is 1. The van der Waals surface area contributed by atoms with Crippen molar-refractivity contribution in [1.29, 1.82) is 0 Å². The Hall–Kier alpha value is -1.06. The van der Waals surface area contributed by atoms with Gasteiger partial charge in [0.1, 0.15) is 5.54 Å². The van der Waals surface area contributed by atoms with Gasteiger partial charge in [0.05, 0.1) is 0 Å². The molecule has 108 valence electrons. The largest absolute Gasteiger partial charge is 0.342 e. The van der Waals surface area contributed by atoms with E-state index in [1.165, 1.54) is 6.42 Å². The average molecular weight is 266 g/mol. The standard InChI is InChI=1S/C15H26N2O2/c1-11(2)12(3)17-10-7-13(18)16-15(14(17)19)8-5-4-6-9-15/h11-12H,4-10H2,1-3H3,(H,16,18). The highest BCUT2D eigenvalue weighted by molar-refractivity contribution is 5.93. The van der Waals surface area contributed by atoms with Crippen LogP contribution in [-0.4, -0.2) is 34.8 Å². The molecule has 2 aliphatic rings. The Morgan fingerprint density at radius 2 is 1.74 bits per heavy atom. The Kier molecular flexibility index (Phi) is 4.16. The summed E-state index contributed by atoms with van der Waals surface area (Å²) in [4.78, 5) is 26.8. The molecule has 1 N–H and O–H groups in total. The van der Waals surface area contributed by atoms with Crippen LogP contribution in [0.2, 0.25) is 0 Å². The molecular weight excluding hydrogens is 240 g/mol. The van der Waals surface area contributed by atoms with E-state index in [9.17, 15) is 9.59 Å². The number of hydrogen-bond donors (Lipinski definition) is 1. The first-order valence-corrected chi connectivity index (χ1v) is 7.58. The molecule has 1 saturated carbocycles. The summed E-state index contributed by atoms with van der Waals surface area (Å²) in [6.45, 7) is 6.91. The van der Waals surface area contributed by atoms with E-state index in [0.29, 0.717) is 18.9 Å². The lowest BCUT2D eigenvalue weighted by atomic mass is 9.80. The summed E-state index contributed by atoms with van der Waals surface area (Å²) >= 11 is 0. The lowest BCUT2D eigenvalue weighted by Gasteiger charge is -2.40. The molecule has 1 heterocycles. The fourth-order valence-corrected chi connectivity index (χ4v) is 3.22. The van der Waals surface area contributed by atoms with Crippen LogP contribution < -0.4 is 5.32 Å². The van der Waals surface area contributed by atoms with Crippen LogP contribution in [0.4, 0.5) is 0 Å². The minimum atomic E-state index is -0.602. The second-order valence-electron chi connectivity index (χ2n) is 6.42. The molecule has 2 rings (SSSR count). The molecule has 19 heavy (non-hydrogen) atoms. The number of carbonyl (C=O) groups excluding carboxylic acids is 2. The molecule has 0 aromatic heterocycles. The SMILES string of the molecule is CC(C)C(C)N1CCC(=O)NC2(CCCCC2)C1=O. The second kappa shape index (κ2) is 5.51. The van der Waals surface area contributed by atoms with Crippen molar-refractivity contribution in [2.45, 2.75) is 70.9 Å². The average Bonchev–Trinajstić information content (AvgIpc) is 2.49. The Balaban J connectivity index is 2.26. The van der Waals surface area contributed by atoms with Crippen LogP contribution in [0, 0.1) is 5.92 Å². The van der Waals surface area contributed by atoms with Gasteiger partial charge in [-0.1, -0.05) is 33.1 Å². The van der Waals surface area contributed by atoms with Crippen molar-refractivity contribution in [2.24, 2.45) is 5.92 Å². The summed E-state index contributed by atoms with van der Waals surface area (Å²) in [5.41, 5.74) is -0.602. The van der Waals surface area contributed by atoms with Crippen LogP contribution in [0.3, 0.4) is 0 Å². The lowest BCUT2D eigenvalue weighted by molar-refractivity contribution is -0.142. The van der Waals surface area contributed by atoms with Crippen molar-refractivity contribution in [2.75, 3.05) is 6.54 Å². The third-order valence-corrected chi connectivity index (χ3v) is 4.79. The Morgan fingerprint density at radius 1 is 1.11 bits per heavy atom. The van der Waals surface area contributed by atoms with Crippen molar-refractivity contribution < 1.29 is 9.59 Å². The first-order chi connectivity index (χ1) is 8.96. The predicted molar refractivity (Wildman–Crippen MR) is 74.6 cm³/mol. The number of carbonyl (C=O) groups is 2. The van der Waals surface area contributed by atoms with Crippen LogP contribution in [0.25, 0.3) is 0 Å². The molecule has 0 aromatic carbocycles. The zero-order valence-electron chi connectivity index (χ0n) is 12.4. The van der Waals surface area contributed by atoms with E-state index in [-0.39, 0.29) is 17.9 Å². The van der Waals surface area contributed by atoms with E-state index in [1.807, 2.05) is 4.90 Å². The summed E-state index contributed by atoms with van der Waals surface area (Å²) < 4.78 is 0. The lowest BCUT2D eigenvalue weighted by Crippen LogP contribution is -2.59. The van der Waals surface area contributed by atoms with Crippen LogP contribution in [0.1, 0.15) is 59.3 Å². The second-order valence-corrected chi connectivity index (χ2v) is 6.42. The Morgan fingerprint density at radius 3 is 2.32 bits per heavy atom. The van der Waals surface area contributed by atoms with E-state index in [0.717, 1.165) is 25.7 Å². The van der Waals surface area contributed by atoms with Crippen molar-refractivity contribution in [1.82, 2.24) is 10.2 Å². The molecule has 2 amide bonds. The zero-order chi connectivity index (χ0) is 14.0. The maximum Gasteiger partial charge on any atom is 0.248 e. The number of hydrogen-bond acceptors (Lipinski definition) is 2. The van der Waals surface area contributed by atoms with Crippen LogP contribution >= 0.6 is 0 Å². The quantitative estimate of drug-likeness (QED) is 0.832. The van der Waals surface area contributed by atoms with Gasteiger partial charge in [-0.05, 0) is 25.7 Å². The molecular formula is C15H26N2O2. The van der Waals surface area contributed by atoms with Crippen molar-refractivity contribution >= 4 is 11.8 Å². The Bertz CT molecular complexity index is 359. The number of nitrogens with one attached hydrogen (secondary N) is 1. The highest BCUT2D eigenvalue weighted by Crippen LogP contribution is 2.32. The monoisotopic (exact) mass is 266 g/mol. The van der Waals surface area contributed by atoms with Crippen molar-refractivity contribution in [3.63, 3.8) is 0 Å². The van der Waals surface area contributed by atoms with Gasteiger partial charge in [-0.3, -0.25) is 9.59 Å². The summed E-state index contributed by atoms with van der Waals surface area (Å²) in [5, 5.41) is 3.04. The summed E-state index contributed by atoms with van der Waals surface area (Å²) in [6.07, 6.45) is 5.29. The molecule has 0 aromatic rings. The van der Waals surface area contributed by atoms with Crippen molar-refractivity contribution in [3.05, 3.63) is 0 Å². The predicted octanol–water partition coefficient (Wildman–Crippen LogP) is 2.08. The smallest absolute Gasteiger partial charge is 0.248 e. The summed E-state index contributed by atoms with van der Waals surface area (Å²) in [6, 6.07) is 0.194. The third kappa shape index (κ3) is 2.77. The van der Waals surface area contributed by atoms with Gasteiger partial charge in [-0.2, -0.15) is 0 Å². The minimum Gasteiger partial charge on any atom is -0.342 e. The highest BCUT2D eigenvalue weighted by Gasteiger charge is 2.46. The molecule has 1 unspecified atom stereocenters. The van der Waals surface area contributed by atoms with E-state index in [1.54, 1.807) is 0 Å². The van der Waals surface area contributed by atoms with Gasteiger partial charge in [0.25, 0.3) is 0 Å². The normalized spacial score (nSPS) is 25.4. The van der Waals surface area contributed by atoms with Gasteiger partial charge in [0, 0.05) is 19.0 Å². The van der Waals surface area contributed by atoms with Crippen LogP contribution in [-0.2, 0) is 9.59 Å². The van der Waals surface area contributed by atoms with Gasteiger partial charge in [0.15, 0.2) is 0 Å². The molecule has 0 radical (unpaired) electrons. The van der Waals surface area contributed by atoms with E-state index in [4.69, 9.17) is 0 Å². The fraction of sp³-hybridized carbons (Fsp3) is 0.867. The molecule has 1 atom stereocenters. The molecule has 1 spiro atoms. The van der Waals surface area contributed by atoms with E-state index < -0.39 is 5.54 Å². The third-order valence-electron chi connectivity index (χ3n) is 4.79. The molecule has 4 heteroatoms. The molecule has 1 aliphatic carbocycles. The zero-order valence-corrected chi connectivity index (χ0v) is 12.4. The van der Waals surface area contributed by atoms with Gasteiger partial charge in [0.2, 0.25) is 11.8 Å². The fourth-order valence-electron chi connectivity index (χ4n) is 3.22. The van der Waals surface area contributed by atoms with Gasteiger partial charge >= 0.3 is 0 Å². The number of rotatable bonds is 2. The number of amides is 2. The Labute approximate surface area is 115 Å². The highest BCUT2D eigenvalue weighted by atomic mass is 16.2. The first kappa shape index (κ1) is 14.4. The molecule has 2 fully saturated rings. The topological polar surface area (TPSA) is 49.4 Å². The van der Waals surface area contributed by atoms with Gasteiger partial charge < -0.3 is 10.2 Å². The molecule has 1 aliphatic heterocycles. The van der Waals surface area contributed by atoms with Gasteiger partial charge in [-0.15, -0.1) is 0 Å². The van der Waals surface area contributed by atoms with E-state index >= 15 is 0 Å².